The molecule has 0 fully saturated rings. The summed E-state index contributed by atoms with van der Waals surface area (Å²) in [5.41, 5.74) is 0.332. The van der Waals surface area contributed by atoms with Crippen LogP contribution in [0.15, 0.2) is 65.7 Å². The van der Waals surface area contributed by atoms with Crippen LogP contribution in [0.3, 0.4) is 0 Å². The minimum Gasteiger partial charge on any atom is -0.367 e. The van der Waals surface area contributed by atoms with E-state index in [1.165, 1.54) is 28.8 Å². The molecule has 0 aliphatic rings. The van der Waals surface area contributed by atoms with E-state index in [0.29, 0.717) is 23.6 Å². The molecular weight excluding hydrogens is 371 g/mol. The Bertz CT molecular complexity index is 1200. The molecule has 28 heavy (non-hydrogen) atoms. The fourth-order valence-corrected chi connectivity index (χ4v) is 2.89. The van der Waals surface area contributed by atoms with Crippen molar-refractivity contribution in [3.63, 3.8) is 0 Å². The third-order valence-electron chi connectivity index (χ3n) is 4.19. The van der Waals surface area contributed by atoms with Gasteiger partial charge in [0.2, 0.25) is 5.56 Å². The molecule has 0 saturated carbocycles. The molecule has 0 aliphatic carbocycles. The second-order valence-corrected chi connectivity index (χ2v) is 6.08. The number of alkyl halides is 3. The standard InChI is InChI=1S/C19H14F3N5O/c20-19(21,22)14-5-2-1-4-13(14)15-8-9-27-18(25-15)12(11-24-27)10-23-16-6-3-7-17(28)26-16/h1-9,11H,10H2,(H2,23,26,28). The highest BCUT2D eigenvalue weighted by molar-refractivity contribution is 5.67. The maximum Gasteiger partial charge on any atom is 0.417 e. The third kappa shape index (κ3) is 3.46. The molecule has 142 valence electrons. The predicted molar refractivity (Wildman–Crippen MR) is 97.8 cm³/mol. The maximum atomic E-state index is 13.3. The van der Waals surface area contributed by atoms with Crippen molar-refractivity contribution < 1.29 is 13.2 Å². The van der Waals surface area contributed by atoms with E-state index in [4.69, 9.17) is 0 Å². The molecule has 4 aromatic rings. The van der Waals surface area contributed by atoms with Crippen LogP contribution in [0.1, 0.15) is 11.1 Å². The van der Waals surface area contributed by atoms with E-state index in [2.05, 4.69) is 20.4 Å². The first-order valence-corrected chi connectivity index (χ1v) is 8.35. The third-order valence-corrected chi connectivity index (χ3v) is 4.19. The Balaban J connectivity index is 1.70. The second-order valence-electron chi connectivity index (χ2n) is 6.08. The lowest BCUT2D eigenvalue weighted by Crippen LogP contribution is -2.09. The predicted octanol–water partition coefficient (Wildman–Crippen LogP) is 3.72. The van der Waals surface area contributed by atoms with Gasteiger partial charge in [0.25, 0.3) is 0 Å². The largest absolute Gasteiger partial charge is 0.417 e. The Morgan fingerprint density at radius 1 is 1.07 bits per heavy atom. The number of anilines is 1. The van der Waals surface area contributed by atoms with Gasteiger partial charge in [-0.05, 0) is 18.2 Å². The Hall–Kier alpha value is -3.62. The second kappa shape index (κ2) is 6.84. The lowest BCUT2D eigenvalue weighted by atomic mass is 10.0. The fraction of sp³-hybridized carbons (Fsp3) is 0.105. The van der Waals surface area contributed by atoms with Gasteiger partial charge in [-0.15, -0.1) is 0 Å². The van der Waals surface area contributed by atoms with Crippen LogP contribution in [-0.4, -0.2) is 19.6 Å². The van der Waals surface area contributed by atoms with Crippen LogP contribution in [-0.2, 0) is 12.7 Å². The molecule has 2 N–H and O–H groups in total. The van der Waals surface area contributed by atoms with Gasteiger partial charge in [0.15, 0.2) is 5.65 Å². The molecule has 0 amide bonds. The maximum absolute atomic E-state index is 13.3. The SMILES string of the molecule is O=c1cccc(NCc2cnn3ccc(-c4ccccc4C(F)(F)F)nc23)[nH]1. The van der Waals surface area contributed by atoms with Crippen molar-refractivity contribution in [1.29, 1.82) is 0 Å². The van der Waals surface area contributed by atoms with Gasteiger partial charge in [-0.25, -0.2) is 9.50 Å². The first-order valence-electron chi connectivity index (χ1n) is 8.35. The summed E-state index contributed by atoms with van der Waals surface area (Å²) in [6, 6.07) is 11.5. The Morgan fingerprint density at radius 2 is 1.89 bits per heavy atom. The zero-order valence-electron chi connectivity index (χ0n) is 14.4. The molecular formula is C19H14F3N5O. The van der Waals surface area contributed by atoms with Gasteiger partial charge in [0.05, 0.1) is 17.5 Å². The van der Waals surface area contributed by atoms with Gasteiger partial charge in [0.1, 0.15) is 5.82 Å². The van der Waals surface area contributed by atoms with Crippen molar-refractivity contribution in [2.45, 2.75) is 12.7 Å². The monoisotopic (exact) mass is 385 g/mol. The number of aromatic nitrogens is 4. The normalized spacial score (nSPS) is 11.7. The number of H-pyrrole nitrogens is 1. The Labute approximate surface area is 156 Å². The molecule has 0 bridgehead atoms. The van der Waals surface area contributed by atoms with E-state index in [1.54, 1.807) is 30.6 Å². The lowest BCUT2D eigenvalue weighted by Gasteiger charge is -2.12. The van der Waals surface area contributed by atoms with Crippen LogP contribution in [0.4, 0.5) is 19.0 Å². The van der Waals surface area contributed by atoms with E-state index >= 15 is 0 Å². The molecule has 3 aromatic heterocycles. The summed E-state index contributed by atoms with van der Waals surface area (Å²) in [4.78, 5) is 18.4. The molecule has 0 saturated heterocycles. The number of nitrogens with zero attached hydrogens (tertiary/aromatic N) is 3. The smallest absolute Gasteiger partial charge is 0.367 e. The molecule has 0 atom stereocenters. The number of hydrogen-bond acceptors (Lipinski definition) is 4. The molecule has 4 rings (SSSR count). The topological polar surface area (TPSA) is 75.1 Å². The number of nitrogens with one attached hydrogen (secondary N) is 2. The van der Waals surface area contributed by atoms with Crippen LogP contribution in [0.5, 0.6) is 0 Å². The summed E-state index contributed by atoms with van der Waals surface area (Å²) < 4.78 is 41.5. The summed E-state index contributed by atoms with van der Waals surface area (Å²) in [6.07, 6.45) is -1.33. The summed E-state index contributed by atoms with van der Waals surface area (Å²) >= 11 is 0. The summed E-state index contributed by atoms with van der Waals surface area (Å²) in [7, 11) is 0. The average molecular weight is 385 g/mol. The summed E-state index contributed by atoms with van der Waals surface area (Å²) in [5, 5.41) is 7.22. The van der Waals surface area contributed by atoms with E-state index < -0.39 is 11.7 Å². The number of benzene rings is 1. The first kappa shape index (κ1) is 17.8. The first-order chi connectivity index (χ1) is 13.4. The molecule has 0 unspecified atom stereocenters. The van der Waals surface area contributed by atoms with Crippen molar-refractivity contribution in [3.05, 3.63) is 82.4 Å². The van der Waals surface area contributed by atoms with Gasteiger partial charge < -0.3 is 10.3 Å². The van der Waals surface area contributed by atoms with E-state index in [0.717, 1.165) is 6.07 Å². The number of halogens is 3. The highest BCUT2D eigenvalue weighted by Gasteiger charge is 2.33. The molecule has 0 aliphatic heterocycles. The van der Waals surface area contributed by atoms with Gasteiger partial charge in [-0.1, -0.05) is 24.3 Å². The molecule has 3 heterocycles. The van der Waals surface area contributed by atoms with Crippen molar-refractivity contribution in [2.75, 3.05) is 5.32 Å². The minimum absolute atomic E-state index is 0.00463. The number of aromatic amines is 1. The number of rotatable bonds is 4. The van der Waals surface area contributed by atoms with E-state index in [9.17, 15) is 18.0 Å². The Kier molecular flexibility index (Phi) is 4.34. The van der Waals surface area contributed by atoms with Gasteiger partial charge in [-0.2, -0.15) is 18.3 Å². The summed E-state index contributed by atoms with van der Waals surface area (Å²) in [5.74, 6) is 0.519. The van der Waals surface area contributed by atoms with Gasteiger partial charge in [0, 0.05) is 29.9 Å². The van der Waals surface area contributed by atoms with Crippen LogP contribution < -0.4 is 10.9 Å². The number of pyridine rings is 1. The molecule has 0 spiro atoms. The highest BCUT2D eigenvalue weighted by Crippen LogP contribution is 2.36. The van der Waals surface area contributed by atoms with Crippen molar-refractivity contribution in [2.24, 2.45) is 0 Å². The molecule has 9 heteroatoms. The fourth-order valence-electron chi connectivity index (χ4n) is 2.89. The van der Waals surface area contributed by atoms with Crippen LogP contribution in [0.25, 0.3) is 16.9 Å². The zero-order chi connectivity index (χ0) is 19.7. The highest BCUT2D eigenvalue weighted by atomic mass is 19.4. The van der Waals surface area contributed by atoms with Crippen LogP contribution >= 0.6 is 0 Å². The van der Waals surface area contributed by atoms with E-state index in [1.807, 2.05) is 0 Å². The van der Waals surface area contributed by atoms with Gasteiger partial charge >= 0.3 is 6.18 Å². The lowest BCUT2D eigenvalue weighted by molar-refractivity contribution is -0.137. The minimum atomic E-state index is -4.48. The molecule has 1 aromatic carbocycles. The van der Waals surface area contributed by atoms with Gasteiger partial charge in [-0.3, -0.25) is 4.79 Å². The summed E-state index contributed by atoms with van der Waals surface area (Å²) in [6.45, 7) is 0.292. The quantitative estimate of drug-likeness (QED) is 0.562. The van der Waals surface area contributed by atoms with Crippen molar-refractivity contribution in [1.82, 2.24) is 19.6 Å². The average Bonchev–Trinajstić information content (AvgIpc) is 3.08. The van der Waals surface area contributed by atoms with Crippen LogP contribution in [0, 0.1) is 0 Å². The molecule has 0 radical (unpaired) electrons. The van der Waals surface area contributed by atoms with Crippen molar-refractivity contribution in [3.8, 4) is 11.3 Å². The number of fused-ring (bicyclic) bond motifs is 1. The molecule has 6 nitrogen and oxygen atoms in total. The van der Waals surface area contributed by atoms with Crippen molar-refractivity contribution >= 4 is 11.5 Å². The van der Waals surface area contributed by atoms with Crippen LogP contribution in [0.2, 0.25) is 0 Å². The van der Waals surface area contributed by atoms with E-state index in [-0.39, 0.29) is 16.8 Å². The zero-order valence-corrected chi connectivity index (χ0v) is 14.4. The Morgan fingerprint density at radius 3 is 2.68 bits per heavy atom. The number of hydrogen-bond donors (Lipinski definition) is 2.